The van der Waals surface area contributed by atoms with Crippen molar-refractivity contribution in [2.45, 2.75) is 27.1 Å². The highest BCUT2D eigenvalue weighted by Crippen LogP contribution is 2.07. The van der Waals surface area contributed by atoms with E-state index in [0.29, 0.717) is 5.56 Å². The summed E-state index contributed by atoms with van der Waals surface area (Å²) in [5.41, 5.74) is 0.577. The average molecular weight is 240 g/mol. The zero-order chi connectivity index (χ0) is 13.1. The molecule has 0 saturated carbocycles. The van der Waals surface area contributed by atoms with Crippen molar-refractivity contribution in [1.29, 1.82) is 0 Å². The Morgan fingerprint density at radius 3 is 2.00 bits per heavy atom. The van der Waals surface area contributed by atoms with Crippen molar-refractivity contribution in [1.82, 2.24) is 0 Å². The summed E-state index contributed by atoms with van der Waals surface area (Å²) in [4.78, 5) is 10.0. The Morgan fingerprint density at radius 1 is 1.18 bits per heavy atom. The molecule has 4 heteroatoms. The number of carbonyl (C=O) groups is 1. The molecule has 0 amide bonds. The number of aromatic hydroxyl groups is 1. The monoisotopic (exact) mass is 240 g/mol. The number of hydrogen-bond acceptors (Lipinski definition) is 4. The molecule has 0 atom stereocenters. The SMILES string of the molecule is CCOC(C)OCC.O=Cc1ccc(O)cc1. The van der Waals surface area contributed by atoms with E-state index in [4.69, 9.17) is 14.6 Å². The highest BCUT2D eigenvalue weighted by molar-refractivity contribution is 5.74. The maximum absolute atomic E-state index is 10.0. The molecule has 0 aliphatic rings. The molecular formula is C13H20O4. The van der Waals surface area contributed by atoms with Gasteiger partial charge in [0.15, 0.2) is 6.29 Å². The lowest BCUT2D eigenvalue weighted by Gasteiger charge is -2.09. The first-order chi connectivity index (χ1) is 8.13. The topological polar surface area (TPSA) is 55.8 Å². The van der Waals surface area contributed by atoms with E-state index in [0.717, 1.165) is 19.5 Å². The first kappa shape index (κ1) is 15.6. The van der Waals surface area contributed by atoms with E-state index in [1.807, 2.05) is 20.8 Å². The standard InChI is InChI=1S/C7H6O2.C6H14O2/c8-5-6-1-3-7(9)4-2-6;1-4-7-6(3)8-5-2/h1-5,9H;6H,4-5H2,1-3H3. The number of carbonyl (C=O) groups excluding carboxylic acids is 1. The largest absolute Gasteiger partial charge is 0.508 e. The van der Waals surface area contributed by atoms with E-state index < -0.39 is 0 Å². The van der Waals surface area contributed by atoms with Crippen molar-refractivity contribution < 1.29 is 19.4 Å². The highest BCUT2D eigenvalue weighted by Gasteiger charge is 1.94. The van der Waals surface area contributed by atoms with Crippen LogP contribution in [0.1, 0.15) is 31.1 Å². The zero-order valence-electron chi connectivity index (χ0n) is 10.6. The van der Waals surface area contributed by atoms with Crippen LogP contribution in [0.15, 0.2) is 24.3 Å². The number of phenolic OH excluding ortho intramolecular Hbond substituents is 1. The van der Waals surface area contributed by atoms with Crippen LogP contribution in [0.4, 0.5) is 0 Å². The molecule has 0 spiro atoms. The molecule has 1 rings (SSSR count). The molecule has 0 aromatic heterocycles. The van der Waals surface area contributed by atoms with Gasteiger partial charge in [0.2, 0.25) is 0 Å². The third kappa shape index (κ3) is 8.42. The van der Waals surface area contributed by atoms with Gasteiger partial charge in [0.05, 0.1) is 0 Å². The second-order valence-electron chi connectivity index (χ2n) is 3.19. The number of ether oxygens (including phenoxy) is 2. The Labute approximate surface area is 102 Å². The summed E-state index contributed by atoms with van der Waals surface area (Å²) in [5, 5.41) is 8.74. The highest BCUT2D eigenvalue weighted by atomic mass is 16.7. The average Bonchev–Trinajstić information content (AvgIpc) is 2.32. The molecule has 96 valence electrons. The number of benzene rings is 1. The molecule has 4 nitrogen and oxygen atoms in total. The number of hydrogen-bond donors (Lipinski definition) is 1. The molecule has 0 saturated heterocycles. The minimum Gasteiger partial charge on any atom is -0.508 e. The first-order valence-electron chi connectivity index (χ1n) is 5.61. The van der Waals surface area contributed by atoms with Crippen LogP contribution in [0, 0.1) is 0 Å². The van der Waals surface area contributed by atoms with Gasteiger partial charge < -0.3 is 14.6 Å². The Kier molecular flexibility index (Phi) is 9.01. The fourth-order valence-corrected chi connectivity index (χ4v) is 1.07. The van der Waals surface area contributed by atoms with Crippen molar-refractivity contribution >= 4 is 6.29 Å². The van der Waals surface area contributed by atoms with Crippen molar-refractivity contribution in [3.8, 4) is 5.75 Å². The lowest BCUT2D eigenvalue weighted by molar-refractivity contribution is -0.123. The second-order valence-corrected chi connectivity index (χ2v) is 3.19. The summed E-state index contributed by atoms with van der Waals surface area (Å²) >= 11 is 0. The van der Waals surface area contributed by atoms with Gasteiger partial charge in [-0.25, -0.2) is 0 Å². The lowest BCUT2D eigenvalue weighted by Crippen LogP contribution is -2.11. The Bertz CT molecular complexity index is 289. The van der Waals surface area contributed by atoms with Crippen molar-refractivity contribution in [3.05, 3.63) is 29.8 Å². The van der Waals surface area contributed by atoms with Crippen LogP contribution >= 0.6 is 0 Å². The van der Waals surface area contributed by atoms with Gasteiger partial charge in [-0.05, 0) is 45.0 Å². The van der Waals surface area contributed by atoms with E-state index in [1.165, 1.54) is 12.1 Å². The summed E-state index contributed by atoms with van der Waals surface area (Å²) < 4.78 is 10.1. The van der Waals surface area contributed by atoms with E-state index in [1.54, 1.807) is 12.1 Å². The summed E-state index contributed by atoms with van der Waals surface area (Å²) in [6, 6.07) is 6.07. The normalized spacial score (nSPS) is 9.65. The van der Waals surface area contributed by atoms with Gasteiger partial charge >= 0.3 is 0 Å². The third-order valence-electron chi connectivity index (χ3n) is 1.83. The molecular weight excluding hydrogens is 220 g/mol. The number of phenols is 1. The minimum atomic E-state index is -0.0370. The maximum atomic E-state index is 10.0. The Hall–Kier alpha value is -1.39. The summed E-state index contributed by atoms with van der Waals surface area (Å²) in [6.45, 7) is 7.25. The second kappa shape index (κ2) is 9.81. The Morgan fingerprint density at radius 2 is 1.65 bits per heavy atom. The van der Waals surface area contributed by atoms with Crippen LogP contribution < -0.4 is 0 Å². The van der Waals surface area contributed by atoms with Crippen LogP contribution in [0.2, 0.25) is 0 Å². The third-order valence-corrected chi connectivity index (χ3v) is 1.83. The van der Waals surface area contributed by atoms with E-state index in [9.17, 15) is 4.79 Å². The van der Waals surface area contributed by atoms with E-state index in [-0.39, 0.29) is 12.0 Å². The summed E-state index contributed by atoms with van der Waals surface area (Å²) in [7, 11) is 0. The Balaban J connectivity index is 0.000000304. The zero-order valence-corrected chi connectivity index (χ0v) is 10.6. The van der Waals surface area contributed by atoms with Gasteiger partial charge in [-0.15, -0.1) is 0 Å². The molecule has 1 N–H and O–H groups in total. The fourth-order valence-electron chi connectivity index (χ4n) is 1.07. The van der Waals surface area contributed by atoms with Crippen LogP contribution in [0.3, 0.4) is 0 Å². The molecule has 0 aliphatic carbocycles. The predicted octanol–water partition coefficient (Wildman–Crippen LogP) is 2.61. The van der Waals surface area contributed by atoms with E-state index in [2.05, 4.69) is 0 Å². The summed E-state index contributed by atoms with van der Waals surface area (Å²) in [5.74, 6) is 0.181. The molecule has 1 aromatic carbocycles. The van der Waals surface area contributed by atoms with Gasteiger partial charge in [-0.3, -0.25) is 4.79 Å². The fraction of sp³-hybridized carbons (Fsp3) is 0.462. The molecule has 0 aliphatic heterocycles. The van der Waals surface area contributed by atoms with Crippen LogP contribution in [0.5, 0.6) is 5.75 Å². The first-order valence-corrected chi connectivity index (χ1v) is 5.61. The van der Waals surface area contributed by atoms with Crippen LogP contribution in [0.25, 0.3) is 0 Å². The molecule has 0 fully saturated rings. The van der Waals surface area contributed by atoms with Crippen molar-refractivity contribution in [2.24, 2.45) is 0 Å². The lowest BCUT2D eigenvalue weighted by atomic mass is 10.2. The van der Waals surface area contributed by atoms with Crippen molar-refractivity contribution in [3.63, 3.8) is 0 Å². The van der Waals surface area contributed by atoms with Gasteiger partial charge in [0.25, 0.3) is 0 Å². The van der Waals surface area contributed by atoms with Crippen LogP contribution in [-0.4, -0.2) is 30.9 Å². The molecule has 0 bridgehead atoms. The van der Waals surface area contributed by atoms with Gasteiger partial charge in [-0.1, -0.05) is 0 Å². The maximum Gasteiger partial charge on any atom is 0.154 e. The van der Waals surface area contributed by atoms with Crippen molar-refractivity contribution in [2.75, 3.05) is 13.2 Å². The van der Waals surface area contributed by atoms with E-state index >= 15 is 0 Å². The molecule has 17 heavy (non-hydrogen) atoms. The molecule has 0 radical (unpaired) electrons. The van der Waals surface area contributed by atoms with Gasteiger partial charge in [0.1, 0.15) is 12.0 Å². The molecule has 0 unspecified atom stereocenters. The minimum absolute atomic E-state index is 0.0370. The summed E-state index contributed by atoms with van der Waals surface area (Å²) in [6.07, 6.45) is 0.699. The predicted molar refractivity (Wildman–Crippen MR) is 66.2 cm³/mol. The quantitative estimate of drug-likeness (QED) is 0.635. The smallest absolute Gasteiger partial charge is 0.154 e. The molecule has 0 heterocycles. The van der Waals surface area contributed by atoms with Crippen LogP contribution in [-0.2, 0) is 9.47 Å². The number of aldehydes is 1. The number of rotatable bonds is 5. The molecule has 1 aromatic rings. The van der Waals surface area contributed by atoms with Gasteiger partial charge in [0, 0.05) is 18.8 Å². The van der Waals surface area contributed by atoms with Gasteiger partial charge in [-0.2, -0.15) is 0 Å².